The molecule has 0 fully saturated rings. The Balaban J connectivity index is 5.71. The molecule has 0 saturated heterocycles. The maximum absolute atomic E-state index is 13.8. The van der Waals surface area contributed by atoms with Crippen LogP contribution in [0.3, 0.4) is 0 Å². The molecule has 0 aliphatic heterocycles. The number of halogens is 6. The van der Waals surface area contributed by atoms with Crippen LogP contribution in [0.1, 0.15) is 20.8 Å². The number of hydrogen-bond acceptors (Lipinski definition) is 3. The monoisotopic (exact) mass is 322 g/mol. The Morgan fingerprint density at radius 3 is 1.67 bits per heavy atom. The van der Waals surface area contributed by atoms with Crippen LogP contribution in [0.4, 0.5) is 26.3 Å². The third-order valence-corrected chi connectivity index (χ3v) is 2.31. The lowest BCUT2D eigenvalue weighted by Gasteiger charge is -2.40. The summed E-state index contributed by atoms with van der Waals surface area (Å²) in [5, 5.41) is 8.15. The van der Waals surface area contributed by atoms with Crippen molar-refractivity contribution in [3.63, 3.8) is 0 Å². The molecule has 0 radical (unpaired) electrons. The van der Waals surface area contributed by atoms with Gasteiger partial charge in [-0.15, -0.1) is 0 Å². The van der Waals surface area contributed by atoms with Gasteiger partial charge in [0.15, 0.2) is 0 Å². The zero-order chi connectivity index (χ0) is 17.3. The van der Waals surface area contributed by atoms with Crippen LogP contribution in [0.25, 0.3) is 0 Å². The van der Waals surface area contributed by atoms with E-state index in [1.54, 1.807) is 0 Å². The highest BCUT2D eigenvalue weighted by atomic mass is 19.4. The fourth-order valence-electron chi connectivity index (χ4n) is 1.09. The second-order valence-electron chi connectivity index (χ2n) is 5.01. The van der Waals surface area contributed by atoms with Gasteiger partial charge in [0.05, 0.1) is 0 Å². The molecule has 0 aliphatic rings. The molecule has 0 aromatic heterocycles. The number of esters is 1. The molecule has 122 valence electrons. The fraction of sp³-hybridized carbons (Fsp3) is 0.636. The summed E-state index contributed by atoms with van der Waals surface area (Å²) in [4.78, 5) is 21.0. The van der Waals surface area contributed by atoms with Crippen molar-refractivity contribution in [1.82, 2.24) is 0 Å². The smallest absolute Gasteiger partial charge is 0.467 e. The summed E-state index contributed by atoms with van der Waals surface area (Å²) < 4.78 is 82.4. The molecule has 0 amide bonds. The van der Waals surface area contributed by atoms with Crippen LogP contribution in [0.5, 0.6) is 0 Å². The van der Waals surface area contributed by atoms with Crippen molar-refractivity contribution in [3.8, 4) is 0 Å². The minimum absolute atomic E-state index is 0.0222. The maximum atomic E-state index is 13.8. The van der Waals surface area contributed by atoms with E-state index in [1.165, 1.54) is 0 Å². The lowest BCUT2D eigenvalue weighted by atomic mass is 9.83. The molecule has 1 N–H and O–H groups in total. The second-order valence-corrected chi connectivity index (χ2v) is 5.01. The van der Waals surface area contributed by atoms with Gasteiger partial charge in [0.1, 0.15) is 0 Å². The molecule has 1 atom stereocenters. The lowest BCUT2D eigenvalue weighted by molar-refractivity contribution is -0.403. The number of carbonyl (C=O) groups excluding carboxylic acids is 1. The normalized spacial score (nSPS) is 16.6. The standard InChI is InChI=1S/C11H12F6O4/c1-8(2,3)9(12,13)10(14,11(15,16)17)21-7(20)5-4-6(18)19/h4-5H,1-3H3,(H,18,19). The number of rotatable bonds is 4. The van der Waals surface area contributed by atoms with Crippen molar-refractivity contribution in [1.29, 1.82) is 0 Å². The molecule has 1 unspecified atom stereocenters. The average molecular weight is 322 g/mol. The van der Waals surface area contributed by atoms with Gasteiger partial charge in [0.25, 0.3) is 0 Å². The van der Waals surface area contributed by atoms with Gasteiger partial charge in [-0.05, 0) is 0 Å². The Labute approximate surface area is 115 Å². The van der Waals surface area contributed by atoms with E-state index in [2.05, 4.69) is 4.74 Å². The minimum Gasteiger partial charge on any atom is -0.478 e. The molecule has 0 saturated carbocycles. The third kappa shape index (κ3) is 3.88. The minimum atomic E-state index is -6.23. The SMILES string of the molecule is CC(C)(C)C(F)(F)C(F)(OC(=O)C=CC(=O)O)C(F)(F)F. The molecule has 10 heteroatoms. The van der Waals surface area contributed by atoms with Crippen LogP contribution in [-0.4, -0.2) is 35.0 Å². The molecular weight excluding hydrogens is 310 g/mol. The van der Waals surface area contributed by atoms with Gasteiger partial charge < -0.3 is 9.84 Å². The lowest BCUT2D eigenvalue weighted by Crippen LogP contribution is -2.63. The van der Waals surface area contributed by atoms with Gasteiger partial charge in [-0.1, -0.05) is 20.8 Å². The van der Waals surface area contributed by atoms with Gasteiger partial charge in [-0.2, -0.15) is 26.3 Å². The Hall–Kier alpha value is -1.74. The Morgan fingerprint density at radius 2 is 1.38 bits per heavy atom. The van der Waals surface area contributed by atoms with Crippen LogP contribution < -0.4 is 0 Å². The van der Waals surface area contributed by atoms with Crippen molar-refractivity contribution >= 4 is 11.9 Å². The van der Waals surface area contributed by atoms with Crippen LogP contribution in [0.15, 0.2) is 12.2 Å². The van der Waals surface area contributed by atoms with E-state index in [0.29, 0.717) is 20.8 Å². The second kappa shape index (κ2) is 5.57. The first kappa shape index (κ1) is 19.3. The van der Waals surface area contributed by atoms with Gasteiger partial charge in [-0.25, -0.2) is 9.59 Å². The van der Waals surface area contributed by atoms with Crippen LogP contribution >= 0.6 is 0 Å². The molecule has 21 heavy (non-hydrogen) atoms. The summed E-state index contributed by atoms with van der Waals surface area (Å²) in [5.41, 5.74) is -2.53. The van der Waals surface area contributed by atoms with Crippen molar-refractivity contribution in [2.75, 3.05) is 0 Å². The number of ether oxygens (including phenoxy) is 1. The summed E-state index contributed by atoms with van der Waals surface area (Å²) >= 11 is 0. The van der Waals surface area contributed by atoms with Crippen molar-refractivity contribution < 1.29 is 45.8 Å². The summed E-state index contributed by atoms with van der Waals surface area (Å²) in [6.45, 7) is 1.86. The van der Waals surface area contributed by atoms with Gasteiger partial charge in [0.2, 0.25) is 0 Å². The first-order valence-electron chi connectivity index (χ1n) is 5.33. The van der Waals surface area contributed by atoms with Crippen molar-refractivity contribution in [2.45, 2.75) is 38.7 Å². The Bertz CT molecular complexity index is 449. The first-order chi connectivity index (χ1) is 9.06. The summed E-state index contributed by atoms with van der Waals surface area (Å²) in [5.74, 6) is -14.7. The van der Waals surface area contributed by atoms with Gasteiger partial charge in [-0.3, -0.25) is 0 Å². The van der Waals surface area contributed by atoms with Crippen LogP contribution in [0, 0.1) is 5.41 Å². The molecule has 0 spiro atoms. The molecule has 0 aromatic carbocycles. The number of aliphatic carboxylic acids is 1. The highest BCUT2D eigenvalue weighted by Crippen LogP contribution is 2.53. The van der Waals surface area contributed by atoms with E-state index < -0.39 is 35.3 Å². The van der Waals surface area contributed by atoms with E-state index >= 15 is 0 Å². The van der Waals surface area contributed by atoms with E-state index in [-0.39, 0.29) is 12.2 Å². The molecule has 0 aliphatic carbocycles. The fourth-order valence-corrected chi connectivity index (χ4v) is 1.09. The summed E-state index contributed by atoms with van der Waals surface area (Å²) in [6.07, 6.45) is -6.31. The molecule has 0 rings (SSSR count). The van der Waals surface area contributed by atoms with E-state index in [1.807, 2.05) is 0 Å². The number of hydrogen-bond donors (Lipinski definition) is 1. The Morgan fingerprint density at radius 1 is 0.952 bits per heavy atom. The molecule has 4 nitrogen and oxygen atoms in total. The number of carboxylic acid groups (broad SMARTS) is 1. The largest absolute Gasteiger partial charge is 0.478 e. The molecule has 0 aromatic rings. The highest BCUT2D eigenvalue weighted by molar-refractivity contribution is 5.90. The maximum Gasteiger partial charge on any atom is 0.467 e. The first-order valence-corrected chi connectivity index (χ1v) is 5.33. The van der Waals surface area contributed by atoms with Crippen LogP contribution in [0.2, 0.25) is 0 Å². The zero-order valence-electron chi connectivity index (χ0n) is 11.1. The Kier molecular flexibility index (Phi) is 5.11. The van der Waals surface area contributed by atoms with E-state index in [9.17, 15) is 35.9 Å². The van der Waals surface area contributed by atoms with E-state index in [4.69, 9.17) is 5.11 Å². The number of alkyl halides is 6. The number of carbonyl (C=O) groups is 2. The quantitative estimate of drug-likeness (QED) is 0.491. The third-order valence-electron chi connectivity index (χ3n) is 2.31. The van der Waals surface area contributed by atoms with E-state index in [0.717, 1.165) is 0 Å². The topological polar surface area (TPSA) is 63.6 Å². The zero-order valence-corrected chi connectivity index (χ0v) is 11.1. The molecule has 0 heterocycles. The van der Waals surface area contributed by atoms with Gasteiger partial charge in [0, 0.05) is 17.6 Å². The van der Waals surface area contributed by atoms with Crippen LogP contribution in [-0.2, 0) is 14.3 Å². The predicted octanol–water partition coefficient (Wildman–Crippen LogP) is 3.08. The average Bonchev–Trinajstić information content (AvgIpc) is 2.22. The summed E-state index contributed by atoms with van der Waals surface area (Å²) in [7, 11) is 0. The van der Waals surface area contributed by atoms with Crippen molar-refractivity contribution in [2.24, 2.45) is 5.41 Å². The molecule has 0 bridgehead atoms. The predicted molar refractivity (Wildman–Crippen MR) is 57.2 cm³/mol. The van der Waals surface area contributed by atoms with Crippen molar-refractivity contribution in [3.05, 3.63) is 12.2 Å². The molecular formula is C11H12F6O4. The number of carboxylic acids is 1. The summed E-state index contributed by atoms with van der Waals surface area (Å²) in [6, 6.07) is 0. The highest BCUT2D eigenvalue weighted by Gasteiger charge is 2.78. The van der Waals surface area contributed by atoms with Gasteiger partial charge >= 0.3 is 29.9 Å².